The van der Waals surface area contributed by atoms with Crippen LogP contribution >= 0.6 is 0 Å². The average Bonchev–Trinajstić information content (AvgIpc) is 2.85. The van der Waals surface area contributed by atoms with Gasteiger partial charge in [-0.05, 0) is 33.0 Å². The van der Waals surface area contributed by atoms with Gasteiger partial charge in [0.2, 0.25) is 0 Å². The van der Waals surface area contributed by atoms with Gasteiger partial charge in [-0.1, -0.05) is 0 Å². The minimum atomic E-state index is 0.373. The van der Waals surface area contributed by atoms with Crippen molar-refractivity contribution in [3.63, 3.8) is 0 Å². The van der Waals surface area contributed by atoms with Gasteiger partial charge in [0.25, 0.3) is 0 Å². The molecule has 1 saturated heterocycles. The molecule has 78 valence electrons. The third-order valence-corrected chi connectivity index (χ3v) is 2.96. The smallest absolute Gasteiger partial charge is 0.0659 e. The van der Waals surface area contributed by atoms with Crippen molar-refractivity contribution in [1.82, 2.24) is 20.4 Å². The highest BCUT2D eigenvalue weighted by Gasteiger charge is 2.20. The highest BCUT2D eigenvalue weighted by atomic mass is 15.3. The SMILES string of the molecule is CNC(C)c1ccnn1C1CCNC1. The molecule has 2 heterocycles. The molecule has 0 spiro atoms. The average molecular weight is 194 g/mol. The molecular formula is C10H18N4. The zero-order chi connectivity index (χ0) is 9.97. The molecule has 4 heteroatoms. The molecule has 0 amide bonds. The van der Waals surface area contributed by atoms with E-state index in [0.29, 0.717) is 12.1 Å². The van der Waals surface area contributed by atoms with E-state index in [2.05, 4.69) is 33.4 Å². The van der Waals surface area contributed by atoms with Gasteiger partial charge >= 0.3 is 0 Å². The molecule has 0 aromatic carbocycles. The highest BCUT2D eigenvalue weighted by molar-refractivity contribution is 5.07. The summed E-state index contributed by atoms with van der Waals surface area (Å²) < 4.78 is 2.15. The van der Waals surface area contributed by atoms with Crippen LogP contribution in [0.25, 0.3) is 0 Å². The first-order chi connectivity index (χ1) is 6.83. The molecule has 0 bridgehead atoms. The standard InChI is InChI=1S/C10H18N4/c1-8(11-2)10-4-6-13-14(10)9-3-5-12-7-9/h4,6,8-9,11-12H,3,5,7H2,1-2H3. The molecule has 4 nitrogen and oxygen atoms in total. The topological polar surface area (TPSA) is 41.9 Å². The Morgan fingerprint density at radius 3 is 3.21 bits per heavy atom. The maximum atomic E-state index is 4.40. The lowest BCUT2D eigenvalue weighted by Crippen LogP contribution is -2.22. The molecular weight excluding hydrogens is 176 g/mol. The molecule has 1 aliphatic rings. The fraction of sp³-hybridized carbons (Fsp3) is 0.700. The molecule has 14 heavy (non-hydrogen) atoms. The van der Waals surface area contributed by atoms with Crippen molar-refractivity contribution in [2.24, 2.45) is 0 Å². The minimum Gasteiger partial charge on any atom is -0.315 e. The molecule has 0 aliphatic carbocycles. The number of nitrogens with zero attached hydrogens (tertiary/aromatic N) is 2. The lowest BCUT2D eigenvalue weighted by atomic mass is 10.2. The molecule has 2 N–H and O–H groups in total. The summed E-state index contributed by atoms with van der Waals surface area (Å²) in [4.78, 5) is 0. The van der Waals surface area contributed by atoms with Crippen LogP contribution < -0.4 is 10.6 Å². The Morgan fingerprint density at radius 2 is 2.57 bits per heavy atom. The third-order valence-electron chi connectivity index (χ3n) is 2.96. The molecule has 2 atom stereocenters. The van der Waals surface area contributed by atoms with Crippen LogP contribution in [0.3, 0.4) is 0 Å². The summed E-state index contributed by atoms with van der Waals surface area (Å²) >= 11 is 0. The quantitative estimate of drug-likeness (QED) is 0.744. The summed E-state index contributed by atoms with van der Waals surface area (Å²) in [5.41, 5.74) is 1.28. The molecule has 1 aromatic heterocycles. The van der Waals surface area contributed by atoms with Crippen LogP contribution in [-0.2, 0) is 0 Å². The van der Waals surface area contributed by atoms with E-state index in [1.54, 1.807) is 0 Å². The van der Waals surface area contributed by atoms with Gasteiger partial charge in [-0.15, -0.1) is 0 Å². The van der Waals surface area contributed by atoms with E-state index < -0.39 is 0 Å². The van der Waals surface area contributed by atoms with Crippen molar-refractivity contribution in [3.05, 3.63) is 18.0 Å². The fourth-order valence-electron chi connectivity index (χ4n) is 1.97. The van der Waals surface area contributed by atoms with Crippen LogP contribution in [0.15, 0.2) is 12.3 Å². The molecule has 2 rings (SSSR count). The molecule has 0 saturated carbocycles. The normalized spacial score (nSPS) is 24.0. The largest absolute Gasteiger partial charge is 0.315 e. The first-order valence-corrected chi connectivity index (χ1v) is 5.24. The van der Waals surface area contributed by atoms with Gasteiger partial charge in [-0.25, -0.2) is 0 Å². The number of aromatic nitrogens is 2. The fourth-order valence-corrected chi connectivity index (χ4v) is 1.97. The van der Waals surface area contributed by atoms with E-state index in [1.165, 1.54) is 12.1 Å². The van der Waals surface area contributed by atoms with Gasteiger partial charge < -0.3 is 10.6 Å². The van der Waals surface area contributed by atoms with E-state index in [9.17, 15) is 0 Å². The van der Waals surface area contributed by atoms with Crippen LogP contribution in [0.2, 0.25) is 0 Å². The Kier molecular flexibility index (Phi) is 2.84. The van der Waals surface area contributed by atoms with Crippen molar-refractivity contribution in [2.75, 3.05) is 20.1 Å². The summed E-state index contributed by atoms with van der Waals surface area (Å²) in [6.07, 6.45) is 3.08. The van der Waals surface area contributed by atoms with Gasteiger partial charge in [-0.3, -0.25) is 4.68 Å². The Bertz CT molecular complexity index is 288. The van der Waals surface area contributed by atoms with E-state index in [1.807, 2.05) is 13.2 Å². The summed E-state index contributed by atoms with van der Waals surface area (Å²) in [6, 6.07) is 3.01. The maximum absolute atomic E-state index is 4.40. The predicted molar refractivity (Wildman–Crippen MR) is 56.2 cm³/mol. The Morgan fingerprint density at radius 1 is 1.71 bits per heavy atom. The second-order valence-electron chi connectivity index (χ2n) is 3.86. The van der Waals surface area contributed by atoms with Crippen molar-refractivity contribution in [3.8, 4) is 0 Å². The lowest BCUT2D eigenvalue weighted by Gasteiger charge is -2.17. The number of rotatable bonds is 3. The number of hydrogen-bond donors (Lipinski definition) is 2. The molecule has 1 fully saturated rings. The van der Waals surface area contributed by atoms with E-state index in [-0.39, 0.29) is 0 Å². The van der Waals surface area contributed by atoms with Crippen LogP contribution in [-0.4, -0.2) is 29.9 Å². The van der Waals surface area contributed by atoms with Crippen molar-refractivity contribution in [1.29, 1.82) is 0 Å². The van der Waals surface area contributed by atoms with Crippen LogP contribution in [0, 0.1) is 0 Å². The van der Waals surface area contributed by atoms with Gasteiger partial charge in [0.1, 0.15) is 0 Å². The second-order valence-corrected chi connectivity index (χ2v) is 3.86. The summed E-state index contributed by atoms with van der Waals surface area (Å²) in [5, 5.41) is 11.0. The molecule has 2 unspecified atom stereocenters. The molecule has 1 aliphatic heterocycles. The Hall–Kier alpha value is -0.870. The summed E-state index contributed by atoms with van der Waals surface area (Å²) in [5.74, 6) is 0. The number of nitrogens with one attached hydrogen (secondary N) is 2. The Balaban J connectivity index is 2.19. The minimum absolute atomic E-state index is 0.373. The predicted octanol–water partition coefficient (Wildman–Crippen LogP) is 0.698. The van der Waals surface area contributed by atoms with Gasteiger partial charge in [0, 0.05) is 18.8 Å². The third kappa shape index (κ3) is 1.67. The van der Waals surface area contributed by atoms with Crippen molar-refractivity contribution >= 4 is 0 Å². The van der Waals surface area contributed by atoms with Gasteiger partial charge in [-0.2, -0.15) is 5.10 Å². The van der Waals surface area contributed by atoms with Gasteiger partial charge in [0.15, 0.2) is 0 Å². The zero-order valence-corrected chi connectivity index (χ0v) is 8.83. The van der Waals surface area contributed by atoms with Crippen LogP contribution in [0.4, 0.5) is 0 Å². The van der Waals surface area contributed by atoms with Crippen LogP contribution in [0.1, 0.15) is 31.1 Å². The monoisotopic (exact) mass is 194 g/mol. The molecule has 0 radical (unpaired) electrons. The van der Waals surface area contributed by atoms with Crippen LogP contribution in [0.5, 0.6) is 0 Å². The van der Waals surface area contributed by atoms with E-state index in [4.69, 9.17) is 0 Å². The van der Waals surface area contributed by atoms with Gasteiger partial charge in [0.05, 0.1) is 11.7 Å². The lowest BCUT2D eigenvalue weighted by molar-refractivity contribution is 0.446. The second kappa shape index (κ2) is 4.11. The number of hydrogen-bond acceptors (Lipinski definition) is 3. The first-order valence-electron chi connectivity index (χ1n) is 5.24. The van der Waals surface area contributed by atoms with Crippen molar-refractivity contribution < 1.29 is 0 Å². The Labute approximate surface area is 84.7 Å². The van der Waals surface area contributed by atoms with E-state index >= 15 is 0 Å². The summed E-state index contributed by atoms with van der Waals surface area (Å²) in [6.45, 7) is 4.32. The first kappa shape index (κ1) is 9.68. The summed E-state index contributed by atoms with van der Waals surface area (Å²) in [7, 11) is 1.98. The van der Waals surface area contributed by atoms with E-state index in [0.717, 1.165) is 13.1 Å². The van der Waals surface area contributed by atoms with Crippen molar-refractivity contribution in [2.45, 2.75) is 25.4 Å². The highest BCUT2D eigenvalue weighted by Crippen LogP contribution is 2.20. The zero-order valence-electron chi connectivity index (χ0n) is 8.83. The molecule has 1 aromatic rings. The maximum Gasteiger partial charge on any atom is 0.0659 e.